The van der Waals surface area contributed by atoms with Crippen molar-refractivity contribution in [3.63, 3.8) is 0 Å². The number of hydrogen-bond acceptors (Lipinski definition) is 10. The Kier molecular flexibility index (Phi) is 8.88. The molecule has 0 saturated heterocycles. The number of rotatable bonds is 13. The predicted molar refractivity (Wildman–Crippen MR) is 99.6 cm³/mol. The molecule has 1 aromatic heterocycles. The molecule has 0 aromatic carbocycles. The van der Waals surface area contributed by atoms with E-state index in [9.17, 15) is 19.5 Å². The predicted octanol–water partition coefficient (Wildman–Crippen LogP) is -1.38. The Labute approximate surface area is 163 Å². The molecule has 12 nitrogen and oxygen atoms in total. The number of hydrogen-bond donors (Lipinski definition) is 4. The molecule has 1 aromatic rings. The Morgan fingerprint density at radius 3 is 2.68 bits per heavy atom. The number of anilines is 2. The van der Waals surface area contributed by atoms with Crippen molar-refractivity contribution in [3.8, 4) is 0 Å². The lowest BCUT2D eigenvalue weighted by Gasteiger charge is -2.24. The number of aliphatic carboxylic acids is 2. The number of carbonyl (C=O) groups is 3. The summed E-state index contributed by atoms with van der Waals surface area (Å²) in [5.41, 5.74) is 11.1. The first kappa shape index (κ1) is 21.3. The fourth-order valence-electron chi connectivity index (χ4n) is 2.35. The number of carboxylic acids is 2. The van der Waals surface area contributed by atoms with E-state index >= 15 is 0 Å². The Morgan fingerprint density at radius 2 is 2.11 bits per heavy atom. The smallest absolute Gasteiger partial charge is 0.320 e. The van der Waals surface area contributed by atoms with Crippen LogP contribution in [0.15, 0.2) is 12.3 Å². The number of nitrogen functional groups attached to an aromatic ring is 1. The summed E-state index contributed by atoms with van der Waals surface area (Å²) in [5, 5.41) is 18.0. The Hall–Kier alpha value is -2.99. The molecule has 0 radical (unpaired) electrons. The van der Waals surface area contributed by atoms with Crippen molar-refractivity contribution in [3.05, 3.63) is 12.3 Å². The van der Waals surface area contributed by atoms with Crippen LogP contribution in [0.4, 0.5) is 11.8 Å². The van der Waals surface area contributed by atoms with Crippen molar-refractivity contribution in [1.82, 2.24) is 14.9 Å². The summed E-state index contributed by atoms with van der Waals surface area (Å²) in [4.78, 5) is 44.8. The lowest BCUT2D eigenvalue weighted by Crippen LogP contribution is -2.42. The van der Waals surface area contributed by atoms with Gasteiger partial charge < -0.3 is 31.3 Å². The van der Waals surface area contributed by atoms with Crippen molar-refractivity contribution in [1.29, 1.82) is 0 Å². The van der Waals surface area contributed by atoms with E-state index in [0.29, 0.717) is 18.9 Å². The monoisotopic (exact) mass is 399 g/mol. The van der Waals surface area contributed by atoms with Gasteiger partial charge in [-0.3, -0.25) is 19.3 Å². The first-order valence-corrected chi connectivity index (χ1v) is 8.45. The van der Waals surface area contributed by atoms with Crippen molar-refractivity contribution in [2.24, 2.45) is 5.73 Å². The van der Waals surface area contributed by atoms with Gasteiger partial charge in [-0.1, -0.05) is 0 Å². The van der Waals surface area contributed by atoms with E-state index in [1.807, 2.05) is 0 Å². The number of nitrogens with two attached hydrogens (primary N) is 2. The molecule has 0 aliphatic rings. The standard InChI is InChI=1S/C16H26N6O6/c1-21(11(15(26)27)2-3-13(23)24)10-14(25)28-9-8-22(7-5-17)12-4-6-19-16(18)20-12/h4,6,11H,2-3,5,7-10,17H2,1H3,(H,23,24)(H,26,27)(H2,18,19,20)/t11-/m0/s1/i1D. The quantitative estimate of drug-likeness (QED) is 0.285. The average molecular weight is 399 g/mol. The minimum absolute atomic E-state index is 0.0263. The van der Waals surface area contributed by atoms with E-state index in [4.69, 9.17) is 22.7 Å². The summed E-state index contributed by atoms with van der Waals surface area (Å²) in [5.74, 6) is -2.58. The normalized spacial score (nSPS) is 12.3. The van der Waals surface area contributed by atoms with Gasteiger partial charge >= 0.3 is 17.9 Å². The van der Waals surface area contributed by atoms with E-state index in [-0.39, 0.29) is 25.5 Å². The number of esters is 1. The zero-order chi connectivity index (χ0) is 21.8. The van der Waals surface area contributed by atoms with Crippen molar-refractivity contribution < 1.29 is 30.7 Å². The van der Waals surface area contributed by atoms with Crippen LogP contribution < -0.4 is 16.4 Å². The number of carbonyl (C=O) groups excluding carboxylic acids is 1. The SMILES string of the molecule is [2H]CN(CC(=O)OCCN(CCN)c1ccnc(N)n1)[C@@H](CCC(=O)O)C(=O)O. The zero-order valence-electron chi connectivity index (χ0n) is 16.4. The Morgan fingerprint density at radius 1 is 1.36 bits per heavy atom. The van der Waals surface area contributed by atoms with Crippen LogP contribution in [-0.4, -0.2) is 88.8 Å². The van der Waals surface area contributed by atoms with E-state index in [0.717, 1.165) is 4.90 Å². The Bertz CT molecular complexity index is 694. The van der Waals surface area contributed by atoms with Gasteiger partial charge in [0.2, 0.25) is 5.95 Å². The van der Waals surface area contributed by atoms with Crippen LogP contribution in [0.5, 0.6) is 0 Å². The summed E-state index contributed by atoms with van der Waals surface area (Å²) in [7, 11) is -0.495. The first-order chi connectivity index (χ1) is 13.8. The average Bonchev–Trinajstić information content (AvgIpc) is 2.66. The fraction of sp³-hybridized carbons (Fsp3) is 0.562. The van der Waals surface area contributed by atoms with Gasteiger partial charge in [-0.2, -0.15) is 4.98 Å². The number of carboxylic acid groups (broad SMARTS) is 2. The van der Waals surface area contributed by atoms with Gasteiger partial charge in [0.1, 0.15) is 18.5 Å². The molecule has 0 spiro atoms. The maximum atomic E-state index is 12.1. The lowest BCUT2D eigenvalue weighted by atomic mass is 10.1. The molecule has 156 valence electrons. The van der Waals surface area contributed by atoms with Gasteiger partial charge in [-0.15, -0.1) is 0 Å². The molecular formula is C16H26N6O6. The number of nitrogens with zero attached hydrogens (tertiary/aromatic N) is 4. The van der Waals surface area contributed by atoms with E-state index in [1.54, 1.807) is 11.0 Å². The van der Waals surface area contributed by atoms with Gasteiger partial charge in [-0.05, 0) is 19.5 Å². The van der Waals surface area contributed by atoms with Crippen LogP contribution in [0, 0.1) is 0 Å². The lowest BCUT2D eigenvalue weighted by molar-refractivity contribution is -0.148. The molecule has 0 bridgehead atoms. The molecule has 1 rings (SSSR count). The molecule has 28 heavy (non-hydrogen) atoms. The van der Waals surface area contributed by atoms with Crippen molar-refractivity contribution in [2.75, 3.05) is 50.4 Å². The maximum Gasteiger partial charge on any atom is 0.320 e. The van der Waals surface area contributed by atoms with E-state index < -0.39 is 43.9 Å². The highest BCUT2D eigenvalue weighted by molar-refractivity contribution is 5.77. The molecule has 0 amide bonds. The summed E-state index contributed by atoms with van der Waals surface area (Å²) in [6.07, 6.45) is 0.872. The second kappa shape index (κ2) is 11.7. The van der Waals surface area contributed by atoms with Gasteiger partial charge in [0, 0.05) is 27.1 Å². The number of likely N-dealkylation sites (N-methyl/N-ethyl adjacent to an activating group) is 1. The minimum atomic E-state index is -1.30. The molecule has 0 fully saturated rings. The zero-order valence-corrected chi connectivity index (χ0v) is 15.4. The molecule has 0 saturated carbocycles. The summed E-state index contributed by atoms with van der Waals surface area (Å²) >= 11 is 0. The molecule has 0 unspecified atom stereocenters. The summed E-state index contributed by atoms with van der Waals surface area (Å²) < 4.78 is 12.6. The van der Waals surface area contributed by atoms with Gasteiger partial charge in [0.25, 0.3) is 0 Å². The third-order valence-electron chi connectivity index (χ3n) is 3.70. The van der Waals surface area contributed by atoms with Gasteiger partial charge in [0.05, 0.1) is 13.1 Å². The highest BCUT2D eigenvalue weighted by Crippen LogP contribution is 2.10. The van der Waals surface area contributed by atoms with Crippen LogP contribution in [0.2, 0.25) is 0 Å². The van der Waals surface area contributed by atoms with Crippen LogP contribution in [0.25, 0.3) is 0 Å². The number of ether oxygens (including phenoxy) is 1. The largest absolute Gasteiger partial charge is 0.481 e. The maximum absolute atomic E-state index is 12.1. The minimum Gasteiger partial charge on any atom is -0.481 e. The molecule has 0 aliphatic heterocycles. The Balaban J connectivity index is 2.60. The molecular weight excluding hydrogens is 372 g/mol. The van der Waals surface area contributed by atoms with Crippen LogP contribution in [-0.2, 0) is 19.1 Å². The fourth-order valence-corrected chi connectivity index (χ4v) is 2.35. The van der Waals surface area contributed by atoms with Crippen LogP contribution in [0.3, 0.4) is 0 Å². The third kappa shape index (κ3) is 8.14. The van der Waals surface area contributed by atoms with Crippen molar-refractivity contribution >= 4 is 29.7 Å². The molecule has 1 heterocycles. The highest BCUT2D eigenvalue weighted by atomic mass is 16.5. The third-order valence-corrected chi connectivity index (χ3v) is 3.70. The van der Waals surface area contributed by atoms with Gasteiger partial charge in [-0.25, -0.2) is 4.98 Å². The molecule has 12 heteroatoms. The summed E-state index contributed by atoms with van der Waals surface area (Å²) in [6, 6.07) is 0.365. The second-order valence-electron chi connectivity index (χ2n) is 5.80. The van der Waals surface area contributed by atoms with E-state index in [1.165, 1.54) is 6.20 Å². The second-order valence-corrected chi connectivity index (χ2v) is 5.80. The molecule has 1 atom stereocenters. The first-order valence-electron chi connectivity index (χ1n) is 9.16. The summed E-state index contributed by atoms with van der Waals surface area (Å²) in [6.45, 7) is 0.554. The van der Waals surface area contributed by atoms with E-state index in [2.05, 4.69) is 9.97 Å². The topological polar surface area (TPSA) is 185 Å². The van der Waals surface area contributed by atoms with Crippen molar-refractivity contribution in [2.45, 2.75) is 18.9 Å². The molecule has 6 N–H and O–H groups in total. The van der Waals surface area contributed by atoms with Gasteiger partial charge in [0.15, 0.2) is 0 Å². The molecule has 0 aliphatic carbocycles. The number of aromatic nitrogens is 2. The van der Waals surface area contributed by atoms with Crippen LogP contribution in [0.1, 0.15) is 14.2 Å². The van der Waals surface area contributed by atoms with Crippen LogP contribution >= 0.6 is 0 Å². The highest BCUT2D eigenvalue weighted by Gasteiger charge is 2.25.